The first kappa shape index (κ1) is 16.5. The van der Waals surface area contributed by atoms with Crippen molar-refractivity contribution >= 4 is 23.2 Å². The third-order valence-electron chi connectivity index (χ3n) is 4.09. The van der Waals surface area contributed by atoms with Gasteiger partial charge in [0.15, 0.2) is 11.5 Å². The van der Waals surface area contributed by atoms with Crippen LogP contribution in [0.25, 0.3) is 0 Å². The third kappa shape index (κ3) is 2.76. The first-order chi connectivity index (χ1) is 11.6. The molecule has 1 heterocycles. The van der Waals surface area contributed by atoms with Gasteiger partial charge < -0.3 is 20.1 Å². The van der Waals surface area contributed by atoms with Gasteiger partial charge in [0.1, 0.15) is 6.17 Å². The Morgan fingerprint density at radius 1 is 1.33 bits per heavy atom. The van der Waals surface area contributed by atoms with Gasteiger partial charge in [-0.15, -0.1) is 0 Å². The summed E-state index contributed by atoms with van der Waals surface area (Å²) in [6, 6.07) is 10.4. The molecule has 2 N–H and O–H groups in total. The van der Waals surface area contributed by atoms with E-state index in [1.54, 1.807) is 41.3 Å². The Hall–Kier alpha value is -2.40. The number of anilines is 1. The topological polar surface area (TPSA) is 61.8 Å². The number of nitrogens with one attached hydrogen (secondary N) is 1. The van der Waals surface area contributed by atoms with Crippen LogP contribution in [0.5, 0.6) is 11.5 Å². The molecule has 0 bridgehead atoms. The second-order valence-electron chi connectivity index (χ2n) is 5.63. The lowest BCUT2D eigenvalue weighted by molar-refractivity contribution is 0.0681. The molecule has 0 radical (unpaired) electrons. The number of hydrogen-bond acceptors (Lipinski definition) is 4. The number of aromatic hydroxyl groups is 1. The lowest BCUT2D eigenvalue weighted by atomic mass is 10.0. The molecular formula is C18H19ClN2O3. The van der Waals surface area contributed by atoms with E-state index in [0.29, 0.717) is 34.1 Å². The Kier molecular flexibility index (Phi) is 4.53. The van der Waals surface area contributed by atoms with Crippen molar-refractivity contribution in [2.75, 3.05) is 19.0 Å². The van der Waals surface area contributed by atoms with Crippen molar-refractivity contribution in [2.24, 2.45) is 0 Å². The lowest BCUT2D eigenvalue weighted by Gasteiger charge is -2.38. The number of carbonyl (C=O) groups excluding carboxylic acids is 1. The lowest BCUT2D eigenvalue weighted by Crippen LogP contribution is -2.43. The SMILES string of the molecule is CCCN1C(=O)c2ccc(Cl)cc2NC1c1cccc(OC)c1O. The fourth-order valence-corrected chi connectivity index (χ4v) is 3.13. The summed E-state index contributed by atoms with van der Waals surface area (Å²) >= 11 is 6.06. The number of ether oxygens (including phenoxy) is 1. The molecule has 0 aliphatic carbocycles. The quantitative estimate of drug-likeness (QED) is 0.877. The predicted octanol–water partition coefficient (Wildman–Crippen LogP) is 4.03. The molecule has 0 spiro atoms. The van der Waals surface area contributed by atoms with E-state index in [0.717, 1.165) is 6.42 Å². The number of rotatable bonds is 4. The minimum Gasteiger partial charge on any atom is -0.504 e. The molecule has 1 aliphatic rings. The molecule has 1 amide bonds. The minimum atomic E-state index is -0.487. The molecule has 2 aromatic carbocycles. The van der Waals surface area contributed by atoms with Crippen LogP contribution in [-0.4, -0.2) is 29.6 Å². The molecule has 2 aromatic rings. The van der Waals surface area contributed by atoms with Gasteiger partial charge in [-0.25, -0.2) is 0 Å². The van der Waals surface area contributed by atoms with Crippen molar-refractivity contribution in [3.63, 3.8) is 0 Å². The molecule has 0 aromatic heterocycles. The number of fused-ring (bicyclic) bond motifs is 1. The van der Waals surface area contributed by atoms with Crippen LogP contribution in [0.1, 0.15) is 35.4 Å². The zero-order valence-corrected chi connectivity index (χ0v) is 14.3. The number of methoxy groups -OCH3 is 1. The van der Waals surface area contributed by atoms with Crippen molar-refractivity contribution < 1.29 is 14.6 Å². The summed E-state index contributed by atoms with van der Waals surface area (Å²) in [6.45, 7) is 2.57. The van der Waals surface area contributed by atoms with E-state index in [2.05, 4.69) is 5.32 Å². The summed E-state index contributed by atoms with van der Waals surface area (Å²) in [4.78, 5) is 14.6. The monoisotopic (exact) mass is 346 g/mol. The average molecular weight is 347 g/mol. The van der Waals surface area contributed by atoms with Crippen molar-refractivity contribution in [1.82, 2.24) is 4.90 Å². The maximum atomic E-state index is 12.9. The largest absolute Gasteiger partial charge is 0.504 e. The summed E-state index contributed by atoms with van der Waals surface area (Å²) in [5, 5.41) is 14.4. The van der Waals surface area contributed by atoms with E-state index in [1.165, 1.54) is 7.11 Å². The first-order valence-corrected chi connectivity index (χ1v) is 8.17. The number of halogens is 1. The van der Waals surface area contributed by atoms with E-state index in [4.69, 9.17) is 16.3 Å². The zero-order chi connectivity index (χ0) is 17.3. The van der Waals surface area contributed by atoms with E-state index in [1.807, 2.05) is 6.92 Å². The average Bonchev–Trinajstić information content (AvgIpc) is 2.57. The molecule has 3 rings (SSSR count). The minimum absolute atomic E-state index is 0.0249. The fourth-order valence-electron chi connectivity index (χ4n) is 2.96. The van der Waals surface area contributed by atoms with Gasteiger partial charge >= 0.3 is 0 Å². The summed E-state index contributed by atoms with van der Waals surface area (Å²) < 4.78 is 5.18. The molecule has 6 heteroatoms. The van der Waals surface area contributed by atoms with E-state index >= 15 is 0 Å². The molecular weight excluding hydrogens is 328 g/mol. The highest BCUT2D eigenvalue weighted by Gasteiger charge is 2.34. The number of phenols is 1. The molecule has 126 valence electrons. The van der Waals surface area contributed by atoms with E-state index in [9.17, 15) is 9.90 Å². The Labute approximate surface area is 145 Å². The highest BCUT2D eigenvalue weighted by atomic mass is 35.5. The number of amides is 1. The molecule has 0 saturated heterocycles. The van der Waals surface area contributed by atoms with Gasteiger partial charge in [0.05, 0.1) is 18.4 Å². The molecule has 5 nitrogen and oxygen atoms in total. The number of para-hydroxylation sites is 1. The molecule has 0 saturated carbocycles. The standard InChI is InChI=1S/C18H19ClN2O3/c1-3-9-21-17(13-5-4-6-15(24-2)16(13)22)20-14-10-11(19)7-8-12(14)18(21)23/h4-8,10,17,20,22H,3,9H2,1-2H3. The zero-order valence-electron chi connectivity index (χ0n) is 13.5. The highest BCUT2D eigenvalue weighted by Crippen LogP contribution is 2.40. The number of hydrogen-bond donors (Lipinski definition) is 2. The van der Waals surface area contributed by atoms with Gasteiger partial charge in [0, 0.05) is 17.1 Å². The fraction of sp³-hybridized carbons (Fsp3) is 0.278. The van der Waals surface area contributed by atoms with Gasteiger partial charge in [-0.1, -0.05) is 30.7 Å². The van der Waals surface area contributed by atoms with Crippen molar-refractivity contribution in [3.8, 4) is 11.5 Å². The van der Waals surface area contributed by atoms with Crippen LogP contribution in [0, 0.1) is 0 Å². The van der Waals surface area contributed by atoms with Crippen LogP contribution in [0.3, 0.4) is 0 Å². The third-order valence-corrected chi connectivity index (χ3v) is 4.32. The van der Waals surface area contributed by atoms with Crippen molar-refractivity contribution in [1.29, 1.82) is 0 Å². The molecule has 24 heavy (non-hydrogen) atoms. The Morgan fingerprint density at radius 3 is 2.83 bits per heavy atom. The number of nitrogens with zero attached hydrogens (tertiary/aromatic N) is 1. The molecule has 1 aliphatic heterocycles. The van der Waals surface area contributed by atoms with Crippen LogP contribution in [0.15, 0.2) is 36.4 Å². The van der Waals surface area contributed by atoms with Gasteiger partial charge in [0.2, 0.25) is 0 Å². The Morgan fingerprint density at radius 2 is 2.12 bits per heavy atom. The van der Waals surface area contributed by atoms with Crippen LogP contribution in [-0.2, 0) is 0 Å². The summed E-state index contributed by atoms with van der Waals surface area (Å²) in [5.74, 6) is 0.307. The normalized spacial score (nSPS) is 16.5. The second kappa shape index (κ2) is 6.61. The number of carbonyl (C=O) groups is 1. The van der Waals surface area contributed by atoms with Gasteiger partial charge in [-0.3, -0.25) is 4.79 Å². The second-order valence-corrected chi connectivity index (χ2v) is 6.07. The van der Waals surface area contributed by atoms with Gasteiger partial charge in [-0.2, -0.15) is 0 Å². The summed E-state index contributed by atoms with van der Waals surface area (Å²) in [5.41, 5.74) is 1.82. The number of phenolic OH excluding ortho intramolecular Hbond substituents is 1. The summed E-state index contributed by atoms with van der Waals surface area (Å²) in [6.07, 6.45) is 0.316. The molecule has 1 unspecified atom stereocenters. The summed E-state index contributed by atoms with van der Waals surface area (Å²) in [7, 11) is 1.50. The van der Waals surface area contributed by atoms with Crippen molar-refractivity contribution in [2.45, 2.75) is 19.5 Å². The van der Waals surface area contributed by atoms with E-state index in [-0.39, 0.29) is 11.7 Å². The van der Waals surface area contributed by atoms with Crippen LogP contribution < -0.4 is 10.1 Å². The van der Waals surface area contributed by atoms with Crippen LogP contribution >= 0.6 is 11.6 Å². The van der Waals surface area contributed by atoms with Gasteiger partial charge in [0.25, 0.3) is 5.91 Å². The maximum absolute atomic E-state index is 12.9. The van der Waals surface area contributed by atoms with E-state index < -0.39 is 6.17 Å². The van der Waals surface area contributed by atoms with Crippen LogP contribution in [0.4, 0.5) is 5.69 Å². The first-order valence-electron chi connectivity index (χ1n) is 7.79. The Balaban J connectivity index is 2.10. The number of benzene rings is 2. The molecule has 0 fully saturated rings. The van der Waals surface area contributed by atoms with Crippen molar-refractivity contribution in [3.05, 3.63) is 52.5 Å². The Bertz CT molecular complexity index is 779. The molecule has 1 atom stereocenters. The highest BCUT2D eigenvalue weighted by molar-refractivity contribution is 6.31. The van der Waals surface area contributed by atoms with Crippen LogP contribution in [0.2, 0.25) is 5.02 Å². The smallest absolute Gasteiger partial charge is 0.257 e. The van der Waals surface area contributed by atoms with Gasteiger partial charge in [-0.05, 0) is 30.7 Å². The predicted molar refractivity (Wildman–Crippen MR) is 93.8 cm³/mol. The maximum Gasteiger partial charge on any atom is 0.257 e.